The number of aliphatic hydroxyl groups is 1. The maximum atomic E-state index is 9.68. The van der Waals surface area contributed by atoms with Crippen LogP contribution in [-0.2, 0) is 6.54 Å². The highest BCUT2D eigenvalue weighted by molar-refractivity contribution is 5.36. The summed E-state index contributed by atoms with van der Waals surface area (Å²) >= 11 is 0. The summed E-state index contributed by atoms with van der Waals surface area (Å²) in [5.74, 6) is 0. The molecule has 1 N–H and O–H groups in total. The second kappa shape index (κ2) is 5.19. The number of piperidine rings is 1. The van der Waals surface area contributed by atoms with Crippen molar-refractivity contribution in [2.45, 2.75) is 46.3 Å². The lowest BCUT2D eigenvalue weighted by atomic mass is 9.99. The Bertz CT molecular complexity index is 400. The summed E-state index contributed by atoms with van der Waals surface area (Å²) in [5, 5.41) is 9.68. The molecule has 1 aromatic rings. The van der Waals surface area contributed by atoms with E-state index < -0.39 is 0 Å². The topological polar surface area (TPSA) is 23.5 Å². The van der Waals surface area contributed by atoms with Crippen molar-refractivity contribution in [1.82, 2.24) is 4.90 Å². The molecular formula is C15H23NO. The van der Waals surface area contributed by atoms with E-state index in [1.54, 1.807) is 0 Å². The average Bonchev–Trinajstić information content (AvgIpc) is 2.26. The molecule has 2 heteroatoms. The highest BCUT2D eigenvalue weighted by Crippen LogP contribution is 2.19. The van der Waals surface area contributed by atoms with Gasteiger partial charge < -0.3 is 5.11 Å². The number of β-amino-alcohol motifs (C(OH)–C–C–N with tert-alkyl or cyclic N) is 1. The summed E-state index contributed by atoms with van der Waals surface area (Å²) in [6, 6.07) is 4.57. The molecule has 1 aliphatic heterocycles. The minimum Gasteiger partial charge on any atom is -0.392 e. The fourth-order valence-corrected chi connectivity index (χ4v) is 2.61. The first-order chi connectivity index (χ1) is 8.06. The van der Waals surface area contributed by atoms with Crippen molar-refractivity contribution in [3.63, 3.8) is 0 Å². The van der Waals surface area contributed by atoms with Gasteiger partial charge >= 0.3 is 0 Å². The molecule has 1 aromatic carbocycles. The lowest BCUT2D eigenvalue weighted by molar-refractivity contribution is 0.0667. The van der Waals surface area contributed by atoms with Crippen molar-refractivity contribution in [1.29, 1.82) is 0 Å². The Morgan fingerprint density at radius 2 is 1.88 bits per heavy atom. The number of hydrogen-bond donors (Lipinski definition) is 1. The number of hydrogen-bond acceptors (Lipinski definition) is 2. The van der Waals surface area contributed by atoms with Crippen LogP contribution >= 0.6 is 0 Å². The van der Waals surface area contributed by atoms with Gasteiger partial charge in [-0.15, -0.1) is 0 Å². The van der Waals surface area contributed by atoms with Crippen LogP contribution in [0.5, 0.6) is 0 Å². The van der Waals surface area contributed by atoms with Crippen molar-refractivity contribution in [3.8, 4) is 0 Å². The third kappa shape index (κ3) is 3.08. The molecule has 0 spiro atoms. The van der Waals surface area contributed by atoms with Gasteiger partial charge in [0, 0.05) is 13.1 Å². The number of likely N-dealkylation sites (tertiary alicyclic amines) is 1. The Morgan fingerprint density at radius 1 is 1.18 bits per heavy atom. The second-order valence-electron chi connectivity index (χ2n) is 5.39. The summed E-state index contributed by atoms with van der Waals surface area (Å²) in [4.78, 5) is 2.37. The van der Waals surface area contributed by atoms with Gasteiger partial charge in [0.2, 0.25) is 0 Å². The lowest BCUT2D eigenvalue weighted by Crippen LogP contribution is -2.37. The van der Waals surface area contributed by atoms with Gasteiger partial charge in [-0.2, -0.15) is 0 Å². The Labute approximate surface area is 104 Å². The van der Waals surface area contributed by atoms with Crippen LogP contribution in [0.2, 0.25) is 0 Å². The van der Waals surface area contributed by atoms with Crippen molar-refractivity contribution in [2.24, 2.45) is 0 Å². The zero-order valence-corrected chi connectivity index (χ0v) is 11.2. The normalized spacial score (nSPS) is 21.8. The Morgan fingerprint density at radius 3 is 2.59 bits per heavy atom. The molecule has 17 heavy (non-hydrogen) atoms. The molecular weight excluding hydrogens is 210 g/mol. The minimum absolute atomic E-state index is 0.129. The van der Waals surface area contributed by atoms with Crippen LogP contribution < -0.4 is 0 Å². The molecule has 0 radical (unpaired) electrons. The summed E-state index contributed by atoms with van der Waals surface area (Å²) in [6.07, 6.45) is 1.95. The van der Waals surface area contributed by atoms with Crippen LogP contribution in [0.3, 0.4) is 0 Å². The molecule has 1 fully saturated rings. The third-order valence-electron chi connectivity index (χ3n) is 3.83. The molecule has 1 heterocycles. The SMILES string of the molecule is Cc1cc(C)c(CN2CCCC(O)C2)cc1C. The summed E-state index contributed by atoms with van der Waals surface area (Å²) < 4.78 is 0. The van der Waals surface area contributed by atoms with E-state index in [2.05, 4.69) is 37.8 Å². The van der Waals surface area contributed by atoms with Gasteiger partial charge in [-0.05, 0) is 62.4 Å². The quantitative estimate of drug-likeness (QED) is 0.848. The van der Waals surface area contributed by atoms with Crippen LogP contribution in [0.15, 0.2) is 12.1 Å². The number of aliphatic hydroxyl groups excluding tert-OH is 1. The molecule has 1 aliphatic rings. The molecule has 0 aliphatic carbocycles. The zero-order chi connectivity index (χ0) is 12.4. The molecule has 0 aromatic heterocycles. The van der Waals surface area contributed by atoms with Gasteiger partial charge in [-0.25, -0.2) is 0 Å². The highest BCUT2D eigenvalue weighted by Gasteiger charge is 2.18. The first kappa shape index (κ1) is 12.6. The van der Waals surface area contributed by atoms with Gasteiger partial charge in [0.25, 0.3) is 0 Å². The first-order valence-electron chi connectivity index (χ1n) is 6.53. The largest absolute Gasteiger partial charge is 0.392 e. The molecule has 1 unspecified atom stereocenters. The third-order valence-corrected chi connectivity index (χ3v) is 3.83. The van der Waals surface area contributed by atoms with E-state index in [1.165, 1.54) is 22.3 Å². The highest BCUT2D eigenvalue weighted by atomic mass is 16.3. The maximum Gasteiger partial charge on any atom is 0.0667 e. The smallest absolute Gasteiger partial charge is 0.0667 e. The molecule has 1 atom stereocenters. The monoisotopic (exact) mass is 233 g/mol. The predicted octanol–water partition coefficient (Wildman–Crippen LogP) is 2.57. The number of nitrogens with zero attached hydrogens (tertiary/aromatic N) is 1. The predicted molar refractivity (Wildman–Crippen MR) is 71.2 cm³/mol. The van der Waals surface area contributed by atoms with Gasteiger partial charge in [0.05, 0.1) is 6.10 Å². The first-order valence-corrected chi connectivity index (χ1v) is 6.53. The summed E-state index contributed by atoms with van der Waals surface area (Å²) in [5.41, 5.74) is 5.50. The molecule has 0 saturated carbocycles. The fourth-order valence-electron chi connectivity index (χ4n) is 2.61. The van der Waals surface area contributed by atoms with E-state index in [0.29, 0.717) is 0 Å². The molecule has 0 amide bonds. The maximum absolute atomic E-state index is 9.68. The molecule has 0 bridgehead atoms. The van der Waals surface area contributed by atoms with E-state index >= 15 is 0 Å². The minimum atomic E-state index is -0.129. The van der Waals surface area contributed by atoms with Crippen molar-refractivity contribution < 1.29 is 5.11 Å². The van der Waals surface area contributed by atoms with E-state index in [1.807, 2.05) is 0 Å². The van der Waals surface area contributed by atoms with Gasteiger partial charge in [-0.1, -0.05) is 12.1 Å². The van der Waals surface area contributed by atoms with E-state index in [9.17, 15) is 5.11 Å². The Hall–Kier alpha value is -0.860. The van der Waals surface area contributed by atoms with Gasteiger partial charge in [0.15, 0.2) is 0 Å². The van der Waals surface area contributed by atoms with Crippen LogP contribution in [-0.4, -0.2) is 29.2 Å². The van der Waals surface area contributed by atoms with E-state index in [-0.39, 0.29) is 6.10 Å². The van der Waals surface area contributed by atoms with E-state index in [4.69, 9.17) is 0 Å². The summed E-state index contributed by atoms with van der Waals surface area (Å²) in [6.45, 7) is 9.43. The lowest BCUT2D eigenvalue weighted by Gasteiger charge is -2.30. The molecule has 2 rings (SSSR count). The summed E-state index contributed by atoms with van der Waals surface area (Å²) in [7, 11) is 0. The van der Waals surface area contributed by atoms with Crippen molar-refractivity contribution in [3.05, 3.63) is 34.4 Å². The van der Waals surface area contributed by atoms with E-state index in [0.717, 1.165) is 32.5 Å². The van der Waals surface area contributed by atoms with Crippen LogP contribution in [0.4, 0.5) is 0 Å². The second-order valence-corrected chi connectivity index (χ2v) is 5.39. The van der Waals surface area contributed by atoms with Crippen molar-refractivity contribution in [2.75, 3.05) is 13.1 Å². The number of rotatable bonds is 2. The van der Waals surface area contributed by atoms with Crippen molar-refractivity contribution >= 4 is 0 Å². The van der Waals surface area contributed by atoms with Crippen LogP contribution in [0, 0.1) is 20.8 Å². The Kier molecular flexibility index (Phi) is 3.85. The standard InChI is InChI=1S/C15H23NO/c1-11-7-13(3)14(8-12(11)2)9-16-6-4-5-15(17)10-16/h7-8,15,17H,4-6,9-10H2,1-3H3. The van der Waals surface area contributed by atoms with Gasteiger partial charge in [-0.3, -0.25) is 4.90 Å². The Balaban J connectivity index is 2.10. The zero-order valence-electron chi connectivity index (χ0n) is 11.2. The molecule has 1 saturated heterocycles. The van der Waals surface area contributed by atoms with Crippen LogP contribution in [0.1, 0.15) is 35.1 Å². The number of aryl methyl sites for hydroxylation is 3. The fraction of sp³-hybridized carbons (Fsp3) is 0.600. The van der Waals surface area contributed by atoms with Gasteiger partial charge in [0.1, 0.15) is 0 Å². The average molecular weight is 233 g/mol. The van der Waals surface area contributed by atoms with Crippen LogP contribution in [0.25, 0.3) is 0 Å². The number of benzene rings is 1. The molecule has 94 valence electrons. The molecule has 2 nitrogen and oxygen atoms in total.